The molecular weight excluding hydrogens is 485 g/mol. The fourth-order valence-electron chi connectivity index (χ4n) is 3.12. The van der Waals surface area contributed by atoms with Crippen molar-refractivity contribution >= 4 is 32.7 Å². The van der Waals surface area contributed by atoms with Gasteiger partial charge >= 0.3 is 10.1 Å². The summed E-state index contributed by atoms with van der Waals surface area (Å²) in [6.07, 6.45) is 0.861. The number of rotatable bonds is 8. The molecule has 0 amide bonds. The molecule has 3 rings (SSSR count). The zero-order valence-electron chi connectivity index (χ0n) is 15.3. The number of hydrogen-bond donors (Lipinski definition) is 1. The molecule has 0 aromatic heterocycles. The first-order chi connectivity index (χ1) is 13.5. The summed E-state index contributed by atoms with van der Waals surface area (Å²) in [6, 6.07) is 23.7. The van der Waals surface area contributed by atoms with Crippen LogP contribution >= 0.6 is 22.6 Å². The third-order valence-corrected chi connectivity index (χ3v) is 6.39. The van der Waals surface area contributed by atoms with Crippen LogP contribution in [0.4, 0.5) is 0 Å². The molecule has 0 saturated heterocycles. The molecule has 3 aromatic rings. The highest BCUT2D eigenvalue weighted by molar-refractivity contribution is 14.1. The van der Waals surface area contributed by atoms with E-state index in [9.17, 15) is 8.42 Å². The molecule has 4 nitrogen and oxygen atoms in total. The van der Waals surface area contributed by atoms with E-state index in [1.807, 2.05) is 30.3 Å². The van der Waals surface area contributed by atoms with E-state index in [1.165, 1.54) is 12.1 Å². The Hall–Kier alpha value is -1.90. The molecule has 2 N–H and O–H groups in total. The summed E-state index contributed by atoms with van der Waals surface area (Å²) in [4.78, 5) is 0.133. The second-order valence-corrected chi connectivity index (χ2v) is 8.99. The van der Waals surface area contributed by atoms with E-state index in [1.54, 1.807) is 24.3 Å². The molecular formula is C22H22INO3S. The van der Waals surface area contributed by atoms with E-state index in [-0.39, 0.29) is 10.8 Å². The highest BCUT2D eigenvalue weighted by Crippen LogP contribution is 2.37. The maximum Gasteiger partial charge on any atom is 0.339 e. The Morgan fingerprint density at radius 1 is 0.929 bits per heavy atom. The highest BCUT2D eigenvalue weighted by atomic mass is 127. The van der Waals surface area contributed by atoms with Crippen molar-refractivity contribution in [2.45, 2.75) is 23.8 Å². The Balaban J connectivity index is 2.07. The van der Waals surface area contributed by atoms with Crippen molar-refractivity contribution in [3.05, 3.63) is 95.6 Å². The van der Waals surface area contributed by atoms with Gasteiger partial charge in [0.1, 0.15) is 10.6 Å². The van der Waals surface area contributed by atoms with Crippen LogP contribution in [0.3, 0.4) is 0 Å². The van der Waals surface area contributed by atoms with Gasteiger partial charge in [-0.2, -0.15) is 8.42 Å². The number of halogens is 1. The van der Waals surface area contributed by atoms with Crippen LogP contribution in [0.5, 0.6) is 5.75 Å². The molecule has 1 unspecified atom stereocenters. The van der Waals surface area contributed by atoms with Crippen molar-refractivity contribution in [2.75, 3.05) is 4.43 Å². The standard InChI is InChI=1S/C22H22INO3S/c23-14-13-20(18-7-3-1-4-8-18)21-15-17(16-24)11-12-22(21)27-28(25,26)19-9-5-2-6-10-19/h1-12,15,20H,13-14,16,24H2. The third kappa shape index (κ3) is 4.92. The van der Waals surface area contributed by atoms with Crippen molar-refractivity contribution < 1.29 is 12.6 Å². The lowest BCUT2D eigenvalue weighted by Crippen LogP contribution is -2.13. The van der Waals surface area contributed by atoms with Gasteiger partial charge in [0.2, 0.25) is 0 Å². The summed E-state index contributed by atoms with van der Waals surface area (Å²) < 4.78 is 32.1. The van der Waals surface area contributed by atoms with Crippen LogP contribution in [0.2, 0.25) is 0 Å². The molecule has 146 valence electrons. The first-order valence-electron chi connectivity index (χ1n) is 8.98. The molecule has 0 radical (unpaired) electrons. The lowest BCUT2D eigenvalue weighted by Gasteiger charge is -2.21. The minimum atomic E-state index is -3.92. The van der Waals surface area contributed by atoms with Crippen LogP contribution in [0, 0.1) is 0 Å². The van der Waals surface area contributed by atoms with E-state index in [0.717, 1.165) is 27.5 Å². The quantitative estimate of drug-likeness (QED) is 0.268. The fraction of sp³-hybridized carbons (Fsp3) is 0.182. The third-order valence-electron chi connectivity index (χ3n) is 4.52. The average Bonchev–Trinajstić information content (AvgIpc) is 2.73. The van der Waals surface area contributed by atoms with E-state index in [4.69, 9.17) is 9.92 Å². The van der Waals surface area contributed by atoms with Gasteiger partial charge in [0.05, 0.1) is 0 Å². The van der Waals surface area contributed by atoms with Gasteiger partial charge in [-0.25, -0.2) is 0 Å². The van der Waals surface area contributed by atoms with Gasteiger partial charge in [-0.15, -0.1) is 0 Å². The van der Waals surface area contributed by atoms with Gasteiger partial charge in [-0.05, 0) is 35.7 Å². The number of alkyl halides is 1. The molecule has 0 aliphatic carbocycles. The molecule has 0 bridgehead atoms. The van der Waals surface area contributed by atoms with Crippen LogP contribution in [0.1, 0.15) is 29.0 Å². The predicted molar refractivity (Wildman–Crippen MR) is 120 cm³/mol. The molecule has 1 atom stereocenters. The van der Waals surface area contributed by atoms with Crippen LogP contribution in [-0.4, -0.2) is 12.8 Å². The monoisotopic (exact) mass is 507 g/mol. The second-order valence-electron chi connectivity index (χ2n) is 6.37. The highest BCUT2D eigenvalue weighted by Gasteiger charge is 2.23. The second kappa shape index (κ2) is 9.54. The minimum absolute atomic E-state index is 0.0190. The fourth-order valence-corrected chi connectivity index (χ4v) is 4.72. The first-order valence-corrected chi connectivity index (χ1v) is 11.9. The zero-order chi connectivity index (χ0) is 20.0. The summed E-state index contributed by atoms with van der Waals surface area (Å²) in [5.74, 6) is 0.366. The van der Waals surface area contributed by atoms with Gasteiger partial charge in [-0.3, -0.25) is 0 Å². The van der Waals surface area contributed by atoms with Crippen molar-refractivity contribution in [1.82, 2.24) is 0 Å². The predicted octanol–water partition coefficient (Wildman–Crippen LogP) is 4.87. The molecule has 0 aliphatic rings. The summed E-state index contributed by atoms with van der Waals surface area (Å²) in [5, 5.41) is 0. The average molecular weight is 507 g/mol. The SMILES string of the molecule is NCc1ccc(OS(=O)(=O)c2ccccc2)c(C(CCI)c2ccccc2)c1. The lowest BCUT2D eigenvalue weighted by atomic mass is 9.87. The first kappa shape index (κ1) is 20.8. The summed E-state index contributed by atoms with van der Waals surface area (Å²) in [7, 11) is -3.92. The summed E-state index contributed by atoms with van der Waals surface area (Å²) in [6.45, 7) is 0.379. The van der Waals surface area contributed by atoms with E-state index in [0.29, 0.717) is 12.3 Å². The lowest BCUT2D eigenvalue weighted by molar-refractivity contribution is 0.480. The van der Waals surface area contributed by atoms with Crippen LogP contribution in [0.15, 0.2) is 83.8 Å². The molecule has 6 heteroatoms. The molecule has 0 saturated carbocycles. The van der Waals surface area contributed by atoms with Gasteiger partial charge < -0.3 is 9.92 Å². The van der Waals surface area contributed by atoms with E-state index in [2.05, 4.69) is 34.7 Å². The Morgan fingerprint density at radius 2 is 1.57 bits per heavy atom. The van der Waals surface area contributed by atoms with E-state index >= 15 is 0 Å². The smallest absolute Gasteiger partial charge is 0.339 e. The molecule has 0 spiro atoms. The van der Waals surface area contributed by atoms with Crippen LogP contribution in [0.25, 0.3) is 0 Å². The molecule has 0 fully saturated rings. The minimum Gasteiger partial charge on any atom is -0.379 e. The number of nitrogens with two attached hydrogens (primary N) is 1. The maximum atomic E-state index is 12.8. The number of hydrogen-bond acceptors (Lipinski definition) is 4. The zero-order valence-corrected chi connectivity index (χ0v) is 18.3. The van der Waals surface area contributed by atoms with Gasteiger partial charge in [0, 0.05) is 22.5 Å². The maximum absolute atomic E-state index is 12.8. The number of benzene rings is 3. The Kier molecular flexibility index (Phi) is 7.09. The topological polar surface area (TPSA) is 69.4 Å². The van der Waals surface area contributed by atoms with Crippen molar-refractivity contribution in [3.8, 4) is 5.75 Å². The van der Waals surface area contributed by atoms with Crippen LogP contribution < -0.4 is 9.92 Å². The summed E-state index contributed by atoms with van der Waals surface area (Å²) in [5.41, 5.74) is 8.74. The van der Waals surface area contributed by atoms with Crippen molar-refractivity contribution in [1.29, 1.82) is 0 Å². The van der Waals surface area contributed by atoms with Gasteiger partial charge in [0.25, 0.3) is 0 Å². The Bertz CT molecular complexity index is 1010. The van der Waals surface area contributed by atoms with Crippen LogP contribution in [-0.2, 0) is 16.7 Å². The summed E-state index contributed by atoms with van der Waals surface area (Å²) >= 11 is 2.34. The molecule has 3 aromatic carbocycles. The molecule has 28 heavy (non-hydrogen) atoms. The van der Waals surface area contributed by atoms with Gasteiger partial charge in [0.15, 0.2) is 0 Å². The molecule has 0 aliphatic heterocycles. The normalized spacial score (nSPS) is 12.5. The molecule has 0 heterocycles. The van der Waals surface area contributed by atoms with E-state index < -0.39 is 10.1 Å². The van der Waals surface area contributed by atoms with Crippen molar-refractivity contribution in [2.24, 2.45) is 5.73 Å². The largest absolute Gasteiger partial charge is 0.379 e. The Labute approximate surface area is 180 Å². The van der Waals surface area contributed by atoms with Gasteiger partial charge in [-0.1, -0.05) is 83.3 Å². The Morgan fingerprint density at radius 3 is 2.18 bits per heavy atom. The van der Waals surface area contributed by atoms with Crippen molar-refractivity contribution in [3.63, 3.8) is 0 Å².